The molecule has 0 saturated heterocycles. The average molecular weight is 400 g/mol. The van der Waals surface area contributed by atoms with Crippen molar-refractivity contribution in [2.24, 2.45) is 0 Å². The van der Waals surface area contributed by atoms with Gasteiger partial charge in [0.15, 0.2) is 0 Å². The van der Waals surface area contributed by atoms with Gasteiger partial charge in [-0.05, 0) is 36.8 Å². The summed E-state index contributed by atoms with van der Waals surface area (Å²) in [6.07, 6.45) is 0. The molecule has 0 bridgehead atoms. The summed E-state index contributed by atoms with van der Waals surface area (Å²) in [4.78, 5) is 15.2. The average Bonchev–Trinajstić information content (AvgIpc) is 3.29. The van der Waals surface area contributed by atoms with Crippen LogP contribution in [-0.4, -0.2) is 16.1 Å². The molecule has 0 fully saturated rings. The Labute approximate surface area is 173 Å². The van der Waals surface area contributed by atoms with Gasteiger partial charge in [0.25, 0.3) is 5.91 Å². The van der Waals surface area contributed by atoms with Crippen LogP contribution in [0.15, 0.2) is 78.9 Å². The smallest absolute Gasteiger partial charge is 0.277 e. The maximum absolute atomic E-state index is 13.4. The molecule has 5 heteroatoms. The molecule has 0 saturated carbocycles. The number of hydrogen-bond donors (Lipinski definition) is 1. The third-order valence-corrected chi connectivity index (χ3v) is 5.57. The SMILES string of the molecule is Cc1ccc(-c2n[nH]c3c2[C@H](c2ccccc2)N(c2ccc(Cl)cc2)C3=O)cc1. The van der Waals surface area contributed by atoms with Crippen molar-refractivity contribution in [1.29, 1.82) is 0 Å². The van der Waals surface area contributed by atoms with Gasteiger partial charge in [-0.15, -0.1) is 0 Å². The third kappa shape index (κ3) is 2.93. The van der Waals surface area contributed by atoms with Gasteiger partial charge >= 0.3 is 0 Å². The monoisotopic (exact) mass is 399 g/mol. The molecule has 2 heterocycles. The van der Waals surface area contributed by atoms with Crippen molar-refractivity contribution < 1.29 is 4.79 Å². The highest BCUT2D eigenvalue weighted by Gasteiger charge is 2.42. The molecule has 29 heavy (non-hydrogen) atoms. The van der Waals surface area contributed by atoms with Gasteiger partial charge < -0.3 is 0 Å². The summed E-state index contributed by atoms with van der Waals surface area (Å²) in [7, 11) is 0. The minimum atomic E-state index is -0.269. The zero-order valence-corrected chi connectivity index (χ0v) is 16.5. The Morgan fingerprint density at radius 2 is 1.62 bits per heavy atom. The van der Waals surface area contributed by atoms with E-state index in [0.717, 1.165) is 28.1 Å². The molecular weight excluding hydrogens is 382 g/mol. The van der Waals surface area contributed by atoms with Crippen molar-refractivity contribution in [3.8, 4) is 11.3 Å². The third-order valence-electron chi connectivity index (χ3n) is 5.31. The molecule has 1 aliphatic heterocycles. The summed E-state index contributed by atoms with van der Waals surface area (Å²) >= 11 is 6.07. The highest BCUT2D eigenvalue weighted by atomic mass is 35.5. The summed E-state index contributed by atoms with van der Waals surface area (Å²) in [5.74, 6) is -0.0953. The van der Waals surface area contributed by atoms with Crippen LogP contribution in [0.4, 0.5) is 5.69 Å². The topological polar surface area (TPSA) is 49.0 Å². The number of nitrogens with zero attached hydrogens (tertiary/aromatic N) is 2. The Morgan fingerprint density at radius 3 is 2.31 bits per heavy atom. The van der Waals surface area contributed by atoms with E-state index in [2.05, 4.69) is 29.3 Å². The first-order chi connectivity index (χ1) is 14.1. The molecule has 1 N–H and O–H groups in total. The second-order valence-electron chi connectivity index (χ2n) is 7.19. The Hall–Kier alpha value is -3.37. The van der Waals surface area contributed by atoms with E-state index < -0.39 is 0 Å². The van der Waals surface area contributed by atoms with Crippen molar-refractivity contribution in [2.45, 2.75) is 13.0 Å². The van der Waals surface area contributed by atoms with Gasteiger partial charge in [-0.1, -0.05) is 71.8 Å². The van der Waals surface area contributed by atoms with Crippen molar-refractivity contribution in [1.82, 2.24) is 10.2 Å². The number of amides is 1. The number of anilines is 1. The number of aromatic nitrogens is 2. The van der Waals surface area contributed by atoms with E-state index in [1.165, 1.54) is 5.56 Å². The summed E-state index contributed by atoms with van der Waals surface area (Å²) in [5, 5.41) is 8.14. The first-order valence-corrected chi connectivity index (χ1v) is 9.80. The van der Waals surface area contributed by atoms with Crippen LogP contribution in [0.25, 0.3) is 11.3 Å². The minimum Gasteiger partial charge on any atom is -0.295 e. The fourth-order valence-electron chi connectivity index (χ4n) is 3.90. The van der Waals surface area contributed by atoms with Gasteiger partial charge in [0, 0.05) is 21.8 Å². The predicted molar refractivity (Wildman–Crippen MR) is 115 cm³/mol. The molecule has 0 spiro atoms. The fourth-order valence-corrected chi connectivity index (χ4v) is 4.02. The van der Waals surface area contributed by atoms with Gasteiger partial charge in [0.1, 0.15) is 5.69 Å². The van der Waals surface area contributed by atoms with Crippen LogP contribution in [0.5, 0.6) is 0 Å². The van der Waals surface area contributed by atoms with E-state index >= 15 is 0 Å². The summed E-state index contributed by atoms with van der Waals surface area (Å²) in [6.45, 7) is 2.05. The lowest BCUT2D eigenvalue weighted by molar-refractivity contribution is 0.0989. The Bertz CT molecular complexity index is 1180. The predicted octanol–water partition coefficient (Wildman–Crippen LogP) is 5.79. The number of fused-ring (bicyclic) bond motifs is 1. The number of nitrogens with one attached hydrogen (secondary N) is 1. The number of carbonyl (C=O) groups excluding carboxylic acids is 1. The number of benzene rings is 3. The molecule has 4 nitrogen and oxygen atoms in total. The van der Waals surface area contributed by atoms with Gasteiger partial charge in [-0.25, -0.2) is 0 Å². The molecule has 1 aromatic heterocycles. The van der Waals surface area contributed by atoms with Crippen LogP contribution in [0.3, 0.4) is 0 Å². The van der Waals surface area contributed by atoms with Crippen LogP contribution >= 0.6 is 11.6 Å². The van der Waals surface area contributed by atoms with Crippen LogP contribution in [0.2, 0.25) is 5.02 Å². The summed E-state index contributed by atoms with van der Waals surface area (Å²) in [5.41, 5.74) is 6.24. The zero-order chi connectivity index (χ0) is 20.0. The molecule has 5 rings (SSSR count). The molecule has 1 aliphatic rings. The second kappa shape index (κ2) is 6.90. The Morgan fingerprint density at radius 1 is 0.931 bits per heavy atom. The van der Waals surface area contributed by atoms with Crippen molar-refractivity contribution >= 4 is 23.2 Å². The molecule has 0 radical (unpaired) electrons. The van der Waals surface area contributed by atoms with E-state index in [9.17, 15) is 4.79 Å². The lowest BCUT2D eigenvalue weighted by Crippen LogP contribution is -2.29. The first kappa shape index (κ1) is 17.7. The maximum atomic E-state index is 13.4. The Kier molecular flexibility index (Phi) is 4.22. The van der Waals surface area contributed by atoms with Gasteiger partial charge in [-0.3, -0.25) is 14.8 Å². The number of aromatic amines is 1. The van der Waals surface area contributed by atoms with Gasteiger partial charge in [-0.2, -0.15) is 5.10 Å². The first-order valence-electron chi connectivity index (χ1n) is 9.43. The van der Waals surface area contributed by atoms with Crippen LogP contribution < -0.4 is 4.90 Å². The lowest BCUT2D eigenvalue weighted by Gasteiger charge is -2.26. The number of carbonyl (C=O) groups is 1. The molecule has 4 aromatic rings. The Balaban J connectivity index is 1.71. The van der Waals surface area contributed by atoms with Crippen LogP contribution in [0.1, 0.15) is 33.2 Å². The normalized spacial score (nSPS) is 15.6. The number of halogens is 1. The minimum absolute atomic E-state index is 0.0953. The molecule has 0 unspecified atom stereocenters. The second-order valence-corrected chi connectivity index (χ2v) is 7.63. The quantitative estimate of drug-likeness (QED) is 0.474. The van der Waals surface area contributed by atoms with Gasteiger partial charge in [0.05, 0.1) is 11.7 Å². The van der Waals surface area contributed by atoms with Crippen LogP contribution in [-0.2, 0) is 0 Å². The standard InChI is InChI=1S/C24H18ClN3O/c1-15-7-9-16(10-8-15)21-20-22(27-26-21)24(29)28(19-13-11-18(25)12-14-19)23(20)17-5-3-2-4-6-17/h2-14,23H,1H3,(H,26,27)/t23-/m0/s1. The van der Waals surface area contributed by atoms with Crippen LogP contribution in [0, 0.1) is 6.92 Å². The van der Waals surface area contributed by atoms with E-state index in [0.29, 0.717) is 10.7 Å². The van der Waals surface area contributed by atoms with E-state index in [1.54, 1.807) is 12.1 Å². The van der Waals surface area contributed by atoms with E-state index in [4.69, 9.17) is 11.6 Å². The number of H-pyrrole nitrogens is 1. The van der Waals surface area contributed by atoms with Gasteiger partial charge in [0.2, 0.25) is 0 Å². The van der Waals surface area contributed by atoms with Crippen molar-refractivity contribution in [2.75, 3.05) is 4.90 Å². The zero-order valence-electron chi connectivity index (χ0n) is 15.8. The molecule has 142 valence electrons. The highest BCUT2D eigenvalue weighted by molar-refractivity contribution is 6.30. The molecular formula is C24H18ClN3O. The molecule has 3 aromatic carbocycles. The molecule has 1 atom stereocenters. The van der Waals surface area contributed by atoms with Crippen molar-refractivity contribution in [3.63, 3.8) is 0 Å². The largest absolute Gasteiger partial charge is 0.295 e. The lowest BCUT2D eigenvalue weighted by atomic mass is 9.95. The molecule has 1 amide bonds. The fraction of sp³-hybridized carbons (Fsp3) is 0.0833. The highest BCUT2D eigenvalue weighted by Crippen LogP contribution is 2.45. The maximum Gasteiger partial charge on any atom is 0.277 e. The summed E-state index contributed by atoms with van der Waals surface area (Å²) in [6, 6.07) is 25.3. The number of aryl methyl sites for hydroxylation is 1. The summed E-state index contributed by atoms with van der Waals surface area (Å²) < 4.78 is 0. The number of hydrogen-bond acceptors (Lipinski definition) is 2. The molecule has 0 aliphatic carbocycles. The number of rotatable bonds is 3. The van der Waals surface area contributed by atoms with E-state index in [1.807, 2.05) is 59.5 Å². The van der Waals surface area contributed by atoms with E-state index in [-0.39, 0.29) is 11.9 Å². The van der Waals surface area contributed by atoms with Crippen molar-refractivity contribution in [3.05, 3.63) is 106 Å².